The van der Waals surface area contributed by atoms with Crippen molar-refractivity contribution in [1.29, 1.82) is 0 Å². The summed E-state index contributed by atoms with van der Waals surface area (Å²) in [6.07, 6.45) is 0.784. The third kappa shape index (κ3) is 2.68. The van der Waals surface area contributed by atoms with Crippen LogP contribution in [0.2, 0.25) is 0 Å². The van der Waals surface area contributed by atoms with Crippen molar-refractivity contribution in [3.05, 3.63) is 24.0 Å². The predicted octanol–water partition coefficient (Wildman–Crippen LogP) is 0.807. The molecule has 1 aromatic heterocycles. The van der Waals surface area contributed by atoms with Crippen molar-refractivity contribution in [3.63, 3.8) is 0 Å². The minimum atomic E-state index is -0.258. The summed E-state index contributed by atoms with van der Waals surface area (Å²) in [7, 11) is 0. The molecule has 19 heavy (non-hydrogen) atoms. The van der Waals surface area contributed by atoms with Gasteiger partial charge < -0.3 is 10.3 Å². The standard InChI is InChI=1S/C13H19N5O/c1-8(2)6-11-16-13-9(14)4-3-5-10(13)18(11)7-12(19)17-15/h3-5,8H,6-7,14-15H2,1-2H3,(H,17,19). The number of para-hydroxylation sites is 1. The molecule has 0 spiro atoms. The number of imidazole rings is 1. The van der Waals surface area contributed by atoms with Crippen LogP contribution in [0.3, 0.4) is 0 Å². The van der Waals surface area contributed by atoms with E-state index >= 15 is 0 Å². The summed E-state index contributed by atoms with van der Waals surface area (Å²) in [4.78, 5) is 16.1. The minimum Gasteiger partial charge on any atom is -0.397 e. The Morgan fingerprint density at radius 2 is 2.21 bits per heavy atom. The number of amides is 1. The van der Waals surface area contributed by atoms with Crippen molar-refractivity contribution in [1.82, 2.24) is 15.0 Å². The van der Waals surface area contributed by atoms with Crippen molar-refractivity contribution in [3.8, 4) is 0 Å². The smallest absolute Gasteiger partial charge is 0.253 e. The van der Waals surface area contributed by atoms with Gasteiger partial charge in [0.1, 0.15) is 17.9 Å². The molecular weight excluding hydrogens is 242 g/mol. The number of fused-ring (bicyclic) bond motifs is 1. The zero-order chi connectivity index (χ0) is 14.0. The highest BCUT2D eigenvalue weighted by molar-refractivity contribution is 5.89. The van der Waals surface area contributed by atoms with E-state index in [1.807, 2.05) is 22.8 Å². The first kappa shape index (κ1) is 13.4. The van der Waals surface area contributed by atoms with Crippen LogP contribution in [0.5, 0.6) is 0 Å². The van der Waals surface area contributed by atoms with Gasteiger partial charge in [0.05, 0.1) is 11.2 Å². The van der Waals surface area contributed by atoms with Crippen LogP contribution in [-0.4, -0.2) is 15.5 Å². The molecule has 2 rings (SSSR count). The molecule has 0 radical (unpaired) electrons. The number of rotatable bonds is 4. The summed E-state index contributed by atoms with van der Waals surface area (Å²) in [5.74, 6) is 6.19. The molecule has 1 aromatic carbocycles. The normalized spacial score (nSPS) is 11.2. The van der Waals surface area contributed by atoms with E-state index in [4.69, 9.17) is 11.6 Å². The number of anilines is 1. The lowest BCUT2D eigenvalue weighted by Gasteiger charge is -2.09. The second-order valence-corrected chi connectivity index (χ2v) is 4.99. The molecule has 0 saturated heterocycles. The molecule has 6 heteroatoms. The van der Waals surface area contributed by atoms with Gasteiger partial charge >= 0.3 is 0 Å². The van der Waals surface area contributed by atoms with E-state index in [-0.39, 0.29) is 12.5 Å². The highest BCUT2D eigenvalue weighted by Crippen LogP contribution is 2.23. The number of hydrazine groups is 1. The summed E-state index contributed by atoms with van der Waals surface area (Å²) >= 11 is 0. The van der Waals surface area contributed by atoms with Crippen LogP contribution in [0, 0.1) is 5.92 Å². The van der Waals surface area contributed by atoms with Gasteiger partial charge in [0.25, 0.3) is 5.91 Å². The van der Waals surface area contributed by atoms with E-state index in [0.717, 1.165) is 23.3 Å². The third-order valence-corrected chi connectivity index (χ3v) is 2.94. The lowest BCUT2D eigenvalue weighted by molar-refractivity contribution is -0.121. The highest BCUT2D eigenvalue weighted by Gasteiger charge is 2.15. The van der Waals surface area contributed by atoms with Gasteiger partial charge in [0.2, 0.25) is 0 Å². The molecule has 6 nitrogen and oxygen atoms in total. The number of hydrogen-bond acceptors (Lipinski definition) is 4. The second-order valence-electron chi connectivity index (χ2n) is 4.99. The summed E-state index contributed by atoms with van der Waals surface area (Å²) in [5, 5.41) is 0. The number of carbonyl (C=O) groups is 1. The Labute approximate surface area is 111 Å². The highest BCUT2D eigenvalue weighted by atomic mass is 16.2. The Hall–Kier alpha value is -2.08. The van der Waals surface area contributed by atoms with E-state index in [9.17, 15) is 4.79 Å². The third-order valence-electron chi connectivity index (χ3n) is 2.94. The zero-order valence-corrected chi connectivity index (χ0v) is 11.2. The van der Waals surface area contributed by atoms with E-state index in [1.165, 1.54) is 0 Å². The van der Waals surface area contributed by atoms with Crippen molar-refractivity contribution < 1.29 is 4.79 Å². The van der Waals surface area contributed by atoms with Gasteiger partial charge in [-0.3, -0.25) is 10.2 Å². The molecule has 1 heterocycles. The van der Waals surface area contributed by atoms with Crippen LogP contribution in [0.25, 0.3) is 11.0 Å². The number of nitrogens with one attached hydrogen (secondary N) is 1. The largest absolute Gasteiger partial charge is 0.397 e. The fraction of sp³-hybridized carbons (Fsp3) is 0.385. The average Bonchev–Trinajstić information content (AvgIpc) is 2.68. The van der Waals surface area contributed by atoms with Gasteiger partial charge in [0.15, 0.2) is 0 Å². The monoisotopic (exact) mass is 261 g/mol. The SMILES string of the molecule is CC(C)Cc1nc2c(N)cccc2n1CC(=O)NN. The first-order valence-electron chi connectivity index (χ1n) is 6.26. The summed E-state index contributed by atoms with van der Waals surface area (Å²) in [6, 6.07) is 5.57. The Balaban J connectivity index is 2.54. The van der Waals surface area contributed by atoms with Crippen LogP contribution >= 0.6 is 0 Å². The Morgan fingerprint density at radius 1 is 1.47 bits per heavy atom. The molecule has 5 N–H and O–H groups in total. The maximum atomic E-state index is 11.5. The Kier molecular flexibility index (Phi) is 3.71. The van der Waals surface area contributed by atoms with E-state index in [0.29, 0.717) is 11.6 Å². The molecule has 0 bridgehead atoms. The van der Waals surface area contributed by atoms with Gasteiger partial charge in [-0.2, -0.15) is 0 Å². The van der Waals surface area contributed by atoms with Crippen LogP contribution in [-0.2, 0) is 17.8 Å². The molecule has 0 saturated carbocycles. The summed E-state index contributed by atoms with van der Waals surface area (Å²) in [5.41, 5.74) is 10.3. The fourth-order valence-electron chi connectivity index (χ4n) is 2.10. The maximum Gasteiger partial charge on any atom is 0.253 e. The van der Waals surface area contributed by atoms with E-state index < -0.39 is 0 Å². The van der Waals surface area contributed by atoms with Crippen LogP contribution in [0.15, 0.2) is 18.2 Å². The molecule has 0 aliphatic carbocycles. The van der Waals surface area contributed by atoms with Crippen LogP contribution < -0.4 is 17.0 Å². The lowest BCUT2D eigenvalue weighted by atomic mass is 10.1. The van der Waals surface area contributed by atoms with E-state index in [2.05, 4.69) is 24.3 Å². The Morgan fingerprint density at radius 3 is 2.84 bits per heavy atom. The summed E-state index contributed by atoms with van der Waals surface area (Å²) < 4.78 is 1.87. The molecule has 0 aliphatic heterocycles. The number of hydrogen-bond donors (Lipinski definition) is 3. The molecule has 0 unspecified atom stereocenters. The van der Waals surface area contributed by atoms with Crippen LogP contribution in [0.1, 0.15) is 19.7 Å². The van der Waals surface area contributed by atoms with Crippen molar-refractivity contribution in [2.45, 2.75) is 26.8 Å². The molecule has 102 valence electrons. The molecule has 1 amide bonds. The van der Waals surface area contributed by atoms with Crippen molar-refractivity contribution in [2.24, 2.45) is 11.8 Å². The summed E-state index contributed by atoms with van der Waals surface area (Å²) in [6.45, 7) is 4.37. The van der Waals surface area contributed by atoms with Crippen molar-refractivity contribution >= 4 is 22.6 Å². The number of nitrogens with two attached hydrogens (primary N) is 2. The van der Waals surface area contributed by atoms with E-state index in [1.54, 1.807) is 0 Å². The topological polar surface area (TPSA) is 99.0 Å². The van der Waals surface area contributed by atoms with Crippen molar-refractivity contribution in [2.75, 3.05) is 5.73 Å². The van der Waals surface area contributed by atoms with Crippen LogP contribution in [0.4, 0.5) is 5.69 Å². The number of benzene rings is 1. The molecule has 2 aromatic rings. The Bertz CT molecular complexity index is 602. The van der Waals surface area contributed by atoms with Gasteiger partial charge in [-0.15, -0.1) is 0 Å². The second kappa shape index (κ2) is 5.27. The fourth-order valence-corrected chi connectivity index (χ4v) is 2.10. The minimum absolute atomic E-state index is 0.151. The van der Waals surface area contributed by atoms with Gasteiger partial charge in [-0.1, -0.05) is 19.9 Å². The first-order chi connectivity index (χ1) is 9.02. The molecule has 0 fully saturated rings. The number of nitrogen functional groups attached to an aromatic ring is 1. The maximum absolute atomic E-state index is 11.5. The number of nitrogens with zero attached hydrogens (tertiary/aromatic N) is 2. The number of carbonyl (C=O) groups excluding carboxylic acids is 1. The zero-order valence-electron chi connectivity index (χ0n) is 11.2. The lowest BCUT2D eigenvalue weighted by Crippen LogP contribution is -2.33. The van der Waals surface area contributed by atoms with Gasteiger partial charge in [-0.05, 0) is 18.1 Å². The van der Waals surface area contributed by atoms with Gasteiger partial charge in [0, 0.05) is 6.42 Å². The first-order valence-corrected chi connectivity index (χ1v) is 6.26. The van der Waals surface area contributed by atoms with Gasteiger partial charge in [-0.25, -0.2) is 10.8 Å². The quantitative estimate of drug-likeness (QED) is 0.328. The predicted molar refractivity (Wildman–Crippen MR) is 75.0 cm³/mol. The molecule has 0 aliphatic rings. The number of aromatic nitrogens is 2. The molecular formula is C13H19N5O. The average molecular weight is 261 g/mol. The molecule has 0 atom stereocenters.